The van der Waals surface area contributed by atoms with E-state index in [0.717, 1.165) is 11.4 Å². The Hall–Kier alpha value is -8.20. The molecular weight excluding hydrogens is 845 g/mol. The van der Waals surface area contributed by atoms with Crippen molar-refractivity contribution in [2.45, 2.75) is 52.4 Å². The SMILES string of the molecule is Cc1ccccc1-c1cccc(-c2ccc(N(c3ccc(-c4ccc5c(c4)c4cc6c(cc4n5-c4ccccc4)C(C)(C)c4ccccc4-6)cc3)c3cccc4c3C(C)(C)c3ccccc3-4)cc2)c1C. The smallest absolute Gasteiger partial charge is 0.0544 e. The van der Waals surface area contributed by atoms with Gasteiger partial charge in [-0.3, -0.25) is 0 Å². The van der Waals surface area contributed by atoms with Gasteiger partial charge in [0.25, 0.3) is 0 Å². The van der Waals surface area contributed by atoms with Crippen LogP contribution in [0.15, 0.2) is 218 Å². The number of aromatic nitrogens is 1. The van der Waals surface area contributed by atoms with E-state index < -0.39 is 0 Å². The van der Waals surface area contributed by atoms with E-state index in [-0.39, 0.29) is 10.8 Å². The molecule has 70 heavy (non-hydrogen) atoms. The van der Waals surface area contributed by atoms with Gasteiger partial charge in [-0.2, -0.15) is 0 Å². The molecule has 1 aromatic heterocycles. The highest BCUT2D eigenvalue weighted by Gasteiger charge is 2.39. The van der Waals surface area contributed by atoms with Crippen LogP contribution in [0.25, 0.3) is 83.1 Å². The second-order valence-corrected chi connectivity index (χ2v) is 20.6. The van der Waals surface area contributed by atoms with Crippen molar-refractivity contribution in [2.24, 2.45) is 0 Å². The monoisotopic (exact) mass is 898 g/mol. The standard InChI is InChI=1S/C68H54N2/c1-43-18-10-11-21-51(43)53-25-16-24-52(44(53)2)46-32-37-50(38-33-46)69(64-29-17-26-56-54-22-12-15-28-61(54)68(5,6)66(56)64)49-35-30-45(31-36-49)47-34-39-63-58(40-47)59-41-57-55-23-13-14-27-60(55)67(3,4)62(57)42-65(59)70(63)48-19-8-7-9-20-48/h7-42H,1-6H3. The number of fused-ring (bicyclic) bond motifs is 9. The van der Waals surface area contributed by atoms with Crippen LogP contribution in [0.2, 0.25) is 0 Å². The van der Waals surface area contributed by atoms with E-state index in [0.29, 0.717) is 0 Å². The van der Waals surface area contributed by atoms with Crippen molar-refractivity contribution >= 4 is 38.9 Å². The van der Waals surface area contributed by atoms with Crippen LogP contribution in [-0.2, 0) is 10.8 Å². The van der Waals surface area contributed by atoms with E-state index in [9.17, 15) is 0 Å². The largest absolute Gasteiger partial charge is 0.310 e. The molecule has 0 aliphatic heterocycles. The minimum Gasteiger partial charge on any atom is -0.310 e. The second-order valence-electron chi connectivity index (χ2n) is 20.6. The molecule has 1 heterocycles. The van der Waals surface area contributed by atoms with Gasteiger partial charge in [-0.15, -0.1) is 0 Å². The predicted octanol–water partition coefficient (Wildman–Crippen LogP) is 18.5. The molecule has 2 aliphatic rings. The van der Waals surface area contributed by atoms with Crippen LogP contribution in [0.5, 0.6) is 0 Å². The van der Waals surface area contributed by atoms with Gasteiger partial charge < -0.3 is 9.47 Å². The third-order valence-electron chi connectivity index (χ3n) is 15.9. The molecule has 13 rings (SSSR count). The lowest BCUT2D eigenvalue weighted by Gasteiger charge is -2.32. The summed E-state index contributed by atoms with van der Waals surface area (Å²) < 4.78 is 2.46. The average molecular weight is 899 g/mol. The van der Waals surface area contributed by atoms with Gasteiger partial charge in [0.2, 0.25) is 0 Å². The molecule has 0 unspecified atom stereocenters. The number of para-hydroxylation sites is 1. The van der Waals surface area contributed by atoms with Crippen LogP contribution in [0.1, 0.15) is 61.1 Å². The second kappa shape index (κ2) is 15.7. The maximum absolute atomic E-state index is 2.48. The fraction of sp³-hybridized carbons (Fsp3) is 0.118. The van der Waals surface area contributed by atoms with Crippen LogP contribution >= 0.6 is 0 Å². The van der Waals surface area contributed by atoms with E-state index in [1.165, 1.54) is 122 Å². The third-order valence-corrected chi connectivity index (χ3v) is 15.9. The Bertz CT molecular complexity index is 3880. The summed E-state index contributed by atoms with van der Waals surface area (Å²) in [5, 5.41) is 2.53. The lowest BCUT2D eigenvalue weighted by atomic mass is 9.81. The number of benzene rings is 10. The van der Waals surface area contributed by atoms with E-state index in [2.05, 4.69) is 269 Å². The number of aryl methyl sites for hydroxylation is 1. The van der Waals surface area contributed by atoms with Gasteiger partial charge in [-0.05, 0) is 170 Å². The van der Waals surface area contributed by atoms with Gasteiger partial charge in [0.1, 0.15) is 0 Å². The van der Waals surface area contributed by atoms with Crippen LogP contribution in [0, 0.1) is 13.8 Å². The highest BCUT2D eigenvalue weighted by molar-refractivity contribution is 6.13. The van der Waals surface area contributed by atoms with Crippen LogP contribution in [0.4, 0.5) is 17.1 Å². The van der Waals surface area contributed by atoms with Crippen molar-refractivity contribution in [1.82, 2.24) is 4.57 Å². The lowest BCUT2D eigenvalue weighted by molar-refractivity contribution is 0.660. The van der Waals surface area contributed by atoms with Gasteiger partial charge in [0, 0.05) is 38.7 Å². The minimum absolute atomic E-state index is 0.0900. The number of anilines is 3. The van der Waals surface area contributed by atoms with Gasteiger partial charge in [-0.25, -0.2) is 0 Å². The first-order valence-electron chi connectivity index (χ1n) is 24.8. The first-order chi connectivity index (χ1) is 34.1. The van der Waals surface area contributed by atoms with Crippen LogP contribution < -0.4 is 4.90 Å². The summed E-state index contributed by atoms with van der Waals surface area (Å²) in [5.41, 5.74) is 27.6. The van der Waals surface area contributed by atoms with E-state index in [1.54, 1.807) is 0 Å². The molecule has 0 radical (unpaired) electrons. The van der Waals surface area contributed by atoms with Gasteiger partial charge >= 0.3 is 0 Å². The molecule has 2 nitrogen and oxygen atoms in total. The summed E-state index contributed by atoms with van der Waals surface area (Å²) >= 11 is 0. The molecule has 0 fully saturated rings. The molecule has 336 valence electrons. The lowest BCUT2D eigenvalue weighted by Crippen LogP contribution is -2.20. The number of rotatable bonds is 7. The molecule has 0 N–H and O–H groups in total. The normalized spacial score (nSPS) is 13.8. The third kappa shape index (κ3) is 6.26. The molecule has 11 aromatic rings. The van der Waals surface area contributed by atoms with Gasteiger partial charge in [0.15, 0.2) is 0 Å². The molecule has 10 aromatic carbocycles. The summed E-state index contributed by atoms with van der Waals surface area (Å²) in [6.07, 6.45) is 0. The average Bonchev–Trinajstić information content (AvgIpc) is 3.93. The summed E-state index contributed by atoms with van der Waals surface area (Å²) in [4.78, 5) is 2.48. The first kappa shape index (κ1) is 41.9. The molecule has 0 spiro atoms. The molecule has 0 saturated heterocycles. The predicted molar refractivity (Wildman–Crippen MR) is 296 cm³/mol. The van der Waals surface area contributed by atoms with Crippen molar-refractivity contribution in [3.05, 3.63) is 252 Å². The first-order valence-corrected chi connectivity index (χ1v) is 24.8. The molecule has 0 atom stereocenters. The Morgan fingerprint density at radius 1 is 0.357 bits per heavy atom. The molecule has 0 bridgehead atoms. The molecule has 2 aliphatic carbocycles. The van der Waals surface area contributed by atoms with Crippen molar-refractivity contribution in [3.63, 3.8) is 0 Å². The van der Waals surface area contributed by atoms with Crippen LogP contribution in [0.3, 0.4) is 0 Å². The molecule has 0 saturated carbocycles. The molecule has 2 heteroatoms. The van der Waals surface area contributed by atoms with E-state index in [1.807, 2.05) is 0 Å². The Balaban J connectivity index is 0.939. The number of nitrogens with zero attached hydrogens (tertiary/aromatic N) is 2. The Morgan fingerprint density at radius 2 is 0.900 bits per heavy atom. The van der Waals surface area contributed by atoms with Crippen LogP contribution in [-0.4, -0.2) is 4.57 Å². The highest BCUT2D eigenvalue weighted by atomic mass is 15.1. The van der Waals surface area contributed by atoms with E-state index >= 15 is 0 Å². The molecule has 0 amide bonds. The highest BCUT2D eigenvalue weighted by Crippen LogP contribution is 2.55. The topological polar surface area (TPSA) is 8.17 Å². The van der Waals surface area contributed by atoms with Gasteiger partial charge in [0.05, 0.1) is 16.7 Å². The zero-order valence-corrected chi connectivity index (χ0v) is 40.7. The Kier molecular flexibility index (Phi) is 9.39. The summed E-state index contributed by atoms with van der Waals surface area (Å²) in [5.74, 6) is 0. The fourth-order valence-corrected chi connectivity index (χ4v) is 12.4. The van der Waals surface area contributed by atoms with Crippen molar-refractivity contribution in [1.29, 1.82) is 0 Å². The maximum atomic E-state index is 2.48. The van der Waals surface area contributed by atoms with Gasteiger partial charge in [-0.1, -0.05) is 179 Å². The summed E-state index contributed by atoms with van der Waals surface area (Å²) in [6, 6.07) is 81.5. The zero-order chi connectivity index (χ0) is 47.5. The quantitative estimate of drug-likeness (QED) is 0.155. The summed E-state index contributed by atoms with van der Waals surface area (Å²) in [7, 11) is 0. The van der Waals surface area contributed by atoms with E-state index in [4.69, 9.17) is 0 Å². The Labute approximate surface area is 411 Å². The van der Waals surface area contributed by atoms with Crippen molar-refractivity contribution in [2.75, 3.05) is 4.90 Å². The van der Waals surface area contributed by atoms with Crippen molar-refractivity contribution < 1.29 is 0 Å². The maximum Gasteiger partial charge on any atom is 0.0544 e. The Morgan fingerprint density at radius 3 is 1.61 bits per heavy atom. The minimum atomic E-state index is -0.194. The van der Waals surface area contributed by atoms with Crippen molar-refractivity contribution in [3.8, 4) is 61.3 Å². The number of hydrogen-bond donors (Lipinski definition) is 0. The summed E-state index contributed by atoms with van der Waals surface area (Å²) in [6.45, 7) is 14.0. The molecular formula is C68H54N2. The zero-order valence-electron chi connectivity index (χ0n) is 40.7. The fourth-order valence-electron chi connectivity index (χ4n) is 12.4. The number of hydrogen-bond acceptors (Lipinski definition) is 1.